The van der Waals surface area contributed by atoms with E-state index in [1.54, 1.807) is 24.3 Å². The summed E-state index contributed by atoms with van der Waals surface area (Å²) in [7, 11) is 0. The van der Waals surface area contributed by atoms with E-state index in [-0.39, 0.29) is 19.1 Å². The highest BCUT2D eigenvalue weighted by Crippen LogP contribution is 2.04. The monoisotopic (exact) mass is 256 g/mol. The van der Waals surface area contributed by atoms with Gasteiger partial charge in [0, 0.05) is 11.1 Å². The molecule has 96 valence electrons. The second-order valence-corrected chi connectivity index (χ2v) is 3.66. The smallest absolute Gasteiger partial charge is 0.251 e. The van der Waals surface area contributed by atoms with Gasteiger partial charge < -0.3 is 10.4 Å². The molecular weight excluding hydrogens is 244 g/mol. The van der Waals surface area contributed by atoms with Gasteiger partial charge in [0.2, 0.25) is 0 Å². The quantitative estimate of drug-likeness (QED) is 0.678. The van der Waals surface area contributed by atoms with E-state index in [0.29, 0.717) is 17.0 Å². The molecule has 0 atom stereocenters. The number of hydrogen-bond donors (Lipinski definition) is 3. The van der Waals surface area contributed by atoms with Crippen molar-refractivity contribution in [2.24, 2.45) is 0 Å². The summed E-state index contributed by atoms with van der Waals surface area (Å²) in [6.45, 7) is 0.0767. The molecule has 1 aromatic heterocycles. The maximum Gasteiger partial charge on any atom is 0.251 e. The lowest BCUT2D eigenvalue weighted by molar-refractivity contribution is 0.0950. The van der Waals surface area contributed by atoms with Crippen molar-refractivity contribution in [2.75, 3.05) is 6.61 Å². The first-order valence-electron chi connectivity index (χ1n) is 5.62. The number of aliphatic hydroxyl groups is 1. The van der Waals surface area contributed by atoms with Crippen molar-refractivity contribution in [1.29, 1.82) is 0 Å². The Kier molecular flexibility index (Phi) is 4.26. The Morgan fingerprint density at radius 1 is 1.47 bits per heavy atom. The highest BCUT2D eigenvalue weighted by atomic mass is 16.2. The molecule has 1 amide bonds. The maximum atomic E-state index is 11.9. The van der Waals surface area contributed by atoms with Crippen LogP contribution in [-0.2, 0) is 6.54 Å². The first-order valence-corrected chi connectivity index (χ1v) is 5.62. The number of carbonyl (C=O) groups is 1. The zero-order valence-electron chi connectivity index (χ0n) is 10.1. The van der Waals surface area contributed by atoms with E-state index in [1.165, 1.54) is 6.33 Å². The summed E-state index contributed by atoms with van der Waals surface area (Å²) in [6, 6.07) is 6.87. The number of amides is 1. The summed E-state index contributed by atoms with van der Waals surface area (Å²) in [4.78, 5) is 15.8. The number of aliphatic hydroxyl groups excluding tert-OH is 1. The normalized spacial score (nSPS) is 9.53. The fraction of sp³-hybridized carbons (Fsp3) is 0.154. The summed E-state index contributed by atoms with van der Waals surface area (Å²) in [5, 5.41) is 17.7. The van der Waals surface area contributed by atoms with Gasteiger partial charge in [0.1, 0.15) is 18.8 Å². The second kappa shape index (κ2) is 6.33. The number of nitrogens with one attached hydrogen (secondary N) is 2. The predicted molar refractivity (Wildman–Crippen MR) is 68.0 cm³/mol. The number of aromatic amines is 1. The van der Waals surface area contributed by atoms with Gasteiger partial charge in [-0.1, -0.05) is 17.9 Å². The lowest BCUT2D eigenvalue weighted by Crippen LogP contribution is -2.23. The van der Waals surface area contributed by atoms with Gasteiger partial charge in [-0.3, -0.25) is 9.89 Å². The van der Waals surface area contributed by atoms with Gasteiger partial charge in [-0.05, 0) is 18.2 Å². The second-order valence-electron chi connectivity index (χ2n) is 3.66. The molecule has 0 spiro atoms. The number of rotatable bonds is 3. The SMILES string of the molecule is O=C(NCc1ncn[nH]1)c1cccc(C#CCO)c1. The van der Waals surface area contributed by atoms with E-state index in [4.69, 9.17) is 5.11 Å². The average Bonchev–Trinajstić information content (AvgIpc) is 2.96. The van der Waals surface area contributed by atoms with Gasteiger partial charge in [0.25, 0.3) is 5.91 Å². The molecule has 0 unspecified atom stereocenters. The average molecular weight is 256 g/mol. The van der Waals surface area contributed by atoms with Crippen LogP contribution in [0.1, 0.15) is 21.7 Å². The Morgan fingerprint density at radius 3 is 3.11 bits per heavy atom. The molecule has 6 nitrogen and oxygen atoms in total. The number of aromatic nitrogens is 3. The molecule has 1 aromatic carbocycles. The van der Waals surface area contributed by atoms with Crippen molar-refractivity contribution in [2.45, 2.75) is 6.54 Å². The first kappa shape index (κ1) is 12.8. The fourth-order valence-electron chi connectivity index (χ4n) is 1.46. The minimum absolute atomic E-state index is 0.206. The standard InChI is InChI=1S/C13H12N4O2/c18-6-2-4-10-3-1-5-11(7-10)13(19)14-8-12-15-9-16-17-12/h1,3,5,7,9,18H,6,8H2,(H,14,19)(H,15,16,17). The Bertz CT molecular complexity index is 611. The van der Waals surface area contributed by atoms with Crippen LogP contribution in [0.5, 0.6) is 0 Å². The Hall–Kier alpha value is -2.65. The van der Waals surface area contributed by atoms with E-state index >= 15 is 0 Å². The van der Waals surface area contributed by atoms with Crippen molar-refractivity contribution in [3.05, 3.63) is 47.5 Å². The van der Waals surface area contributed by atoms with Gasteiger partial charge in [-0.15, -0.1) is 0 Å². The molecule has 0 fully saturated rings. The third-order valence-electron chi connectivity index (χ3n) is 2.32. The van der Waals surface area contributed by atoms with E-state index in [2.05, 4.69) is 32.3 Å². The highest BCUT2D eigenvalue weighted by Gasteiger charge is 2.06. The number of carbonyl (C=O) groups excluding carboxylic acids is 1. The van der Waals surface area contributed by atoms with Crippen molar-refractivity contribution in [3.63, 3.8) is 0 Å². The molecular formula is C13H12N4O2. The molecule has 0 saturated carbocycles. The summed E-state index contributed by atoms with van der Waals surface area (Å²) in [5.41, 5.74) is 1.19. The van der Waals surface area contributed by atoms with Crippen molar-refractivity contribution in [1.82, 2.24) is 20.5 Å². The van der Waals surface area contributed by atoms with E-state index in [0.717, 1.165) is 0 Å². The minimum Gasteiger partial charge on any atom is -0.384 e. The molecule has 0 radical (unpaired) electrons. The maximum absolute atomic E-state index is 11.9. The van der Waals surface area contributed by atoms with Crippen LogP contribution in [0.15, 0.2) is 30.6 Å². The van der Waals surface area contributed by atoms with Gasteiger partial charge in [0.05, 0.1) is 6.54 Å². The minimum atomic E-state index is -0.218. The molecule has 0 aliphatic carbocycles. The number of hydrogen-bond acceptors (Lipinski definition) is 4. The van der Waals surface area contributed by atoms with Gasteiger partial charge in [-0.25, -0.2) is 4.98 Å². The van der Waals surface area contributed by atoms with Crippen LogP contribution in [-0.4, -0.2) is 32.8 Å². The third kappa shape index (κ3) is 3.66. The molecule has 0 bridgehead atoms. The largest absolute Gasteiger partial charge is 0.384 e. The van der Waals surface area contributed by atoms with Crippen LogP contribution in [0.3, 0.4) is 0 Å². The molecule has 19 heavy (non-hydrogen) atoms. The summed E-state index contributed by atoms with van der Waals surface area (Å²) in [5.74, 6) is 5.66. The molecule has 1 heterocycles. The van der Waals surface area contributed by atoms with Crippen LogP contribution < -0.4 is 5.32 Å². The zero-order chi connectivity index (χ0) is 13.5. The Labute approximate surface area is 109 Å². The van der Waals surface area contributed by atoms with Gasteiger partial charge in [-0.2, -0.15) is 5.10 Å². The first-order chi connectivity index (χ1) is 9.29. The molecule has 2 aromatic rings. The molecule has 0 aliphatic heterocycles. The van der Waals surface area contributed by atoms with Crippen LogP contribution in [0.4, 0.5) is 0 Å². The molecule has 6 heteroatoms. The number of H-pyrrole nitrogens is 1. The fourth-order valence-corrected chi connectivity index (χ4v) is 1.46. The Morgan fingerprint density at radius 2 is 2.37 bits per heavy atom. The predicted octanol–water partition coefficient (Wildman–Crippen LogP) is 0.0785. The lowest BCUT2D eigenvalue weighted by Gasteiger charge is -2.03. The lowest BCUT2D eigenvalue weighted by atomic mass is 10.1. The third-order valence-corrected chi connectivity index (χ3v) is 2.32. The van der Waals surface area contributed by atoms with Crippen molar-refractivity contribution < 1.29 is 9.90 Å². The van der Waals surface area contributed by atoms with Crippen LogP contribution in [0, 0.1) is 11.8 Å². The summed E-state index contributed by atoms with van der Waals surface area (Å²) in [6.07, 6.45) is 1.38. The molecule has 0 saturated heterocycles. The van der Waals surface area contributed by atoms with Crippen LogP contribution >= 0.6 is 0 Å². The van der Waals surface area contributed by atoms with Crippen LogP contribution in [0.2, 0.25) is 0 Å². The topological polar surface area (TPSA) is 90.9 Å². The molecule has 0 aliphatic rings. The summed E-state index contributed by atoms with van der Waals surface area (Å²) >= 11 is 0. The van der Waals surface area contributed by atoms with Crippen molar-refractivity contribution in [3.8, 4) is 11.8 Å². The van der Waals surface area contributed by atoms with Gasteiger partial charge >= 0.3 is 0 Å². The van der Waals surface area contributed by atoms with Crippen molar-refractivity contribution >= 4 is 5.91 Å². The molecule has 3 N–H and O–H groups in total. The van der Waals surface area contributed by atoms with Crippen LogP contribution in [0.25, 0.3) is 0 Å². The van der Waals surface area contributed by atoms with E-state index < -0.39 is 0 Å². The van der Waals surface area contributed by atoms with E-state index in [1.807, 2.05) is 0 Å². The Balaban J connectivity index is 2.02. The summed E-state index contributed by atoms with van der Waals surface area (Å²) < 4.78 is 0. The molecule has 2 rings (SSSR count). The van der Waals surface area contributed by atoms with Gasteiger partial charge in [0.15, 0.2) is 0 Å². The zero-order valence-corrected chi connectivity index (χ0v) is 10.1. The number of nitrogens with zero attached hydrogens (tertiary/aromatic N) is 2. The number of benzene rings is 1. The van der Waals surface area contributed by atoms with E-state index in [9.17, 15) is 4.79 Å². The highest BCUT2D eigenvalue weighted by molar-refractivity contribution is 5.94.